The molecule has 0 unspecified atom stereocenters. The Labute approximate surface area is 210 Å². The van der Waals surface area contributed by atoms with E-state index in [-0.39, 0.29) is 48.1 Å². The zero-order chi connectivity index (χ0) is 26.4. The third-order valence-electron chi connectivity index (χ3n) is 6.48. The van der Waals surface area contributed by atoms with Crippen LogP contribution in [0.15, 0.2) is 59.5 Å². The lowest BCUT2D eigenvalue weighted by atomic mass is 9.72. The van der Waals surface area contributed by atoms with Crippen LogP contribution in [0.3, 0.4) is 0 Å². The molecule has 2 aliphatic heterocycles. The van der Waals surface area contributed by atoms with Crippen molar-refractivity contribution in [3.63, 3.8) is 0 Å². The van der Waals surface area contributed by atoms with Gasteiger partial charge in [0.25, 0.3) is 10.0 Å². The molecule has 0 spiro atoms. The van der Waals surface area contributed by atoms with Gasteiger partial charge in [-0.05, 0) is 36.8 Å². The zero-order valence-electron chi connectivity index (χ0n) is 19.5. The molecule has 1 aromatic heterocycles. The SMILES string of the molecule is C[C@@]1(c2ccc(C(F)(F)F)cc2OC2COC2)CCOc2cc(S(=O)(=O)Nc3cccc(F)n3)ccc21. The predicted molar refractivity (Wildman–Crippen MR) is 125 cm³/mol. The minimum absolute atomic E-state index is 0.0917. The highest BCUT2D eigenvalue weighted by atomic mass is 32.2. The second-order valence-electron chi connectivity index (χ2n) is 9.03. The van der Waals surface area contributed by atoms with Crippen LogP contribution >= 0.6 is 0 Å². The molecule has 7 nitrogen and oxygen atoms in total. The highest BCUT2D eigenvalue weighted by Gasteiger charge is 2.40. The summed E-state index contributed by atoms with van der Waals surface area (Å²) in [5.74, 6) is -0.668. The Morgan fingerprint density at radius 2 is 1.84 bits per heavy atom. The molecule has 1 saturated heterocycles. The van der Waals surface area contributed by atoms with Crippen LogP contribution in [-0.2, 0) is 26.4 Å². The molecule has 3 aromatic rings. The smallest absolute Gasteiger partial charge is 0.416 e. The Bertz CT molecular complexity index is 1440. The lowest BCUT2D eigenvalue weighted by Crippen LogP contribution is -2.40. The molecule has 5 rings (SSSR count). The Morgan fingerprint density at radius 1 is 1.08 bits per heavy atom. The van der Waals surface area contributed by atoms with E-state index in [2.05, 4.69) is 9.71 Å². The summed E-state index contributed by atoms with van der Waals surface area (Å²) in [5, 5.41) is 0. The van der Waals surface area contributed by atoms with Crippen LogP contribution in [0.1, 0.15) is 30.0 Å². The van der Waals surface area contributed by atoms with Crippen LogP contribution in [0.2, 0.25) is 0 Å². The van der Waals surface area contributed by atoms with Gasteiger partial charge in [0.15, 0.2) is 0 Å². The van der Waals surface area contributed by atoms with Gasteiger partial charge in [-0.1, -0.05) is 25.1 Å². The van der Waals surface area contributed by atoms with E-state index in [0.717, 1.165) is 18.2 Å². The number of alkyl halides is 3. The molecule has 1 atom stereocenters. The number of sulfonamides is 1. The number of aromatic nitrogens is 1. The average Bonchev–Trinajstić information content (AvgIpc) is 2.80. The van der Waals surface area contributed by atoms with Gasteiger partial charge in [0.05, 0.1) is 30.3 Å². The summed E-state index contributed by atoms with van der Waals surface area (Å²) in [5.41, 5.74) is -0.552. The standard InChI is InChI=1S/C25H22F4N2O5S/c1-24(19-7-5-15(25(27,28)29)11-21(19)36-16-13-34-14-16)9-10-35-20-12-17(6-8-18(20)24)37(32,33)31-23-4-2-3-22(26)30-23/h2-8,11-12,16H,9-10,13-14H2,1H3,(H,30,31)/t24-/m1/s1. The molecule has 0 aliphatic carbocycles. The van der Waals surface area contributed by atoms with Gasteiger partial charge in [-0.15, -0.1) is 0 Å². The van der Waals surface area contributed by atoms with E-state index in [9.17, 15) is 26.0 Å². The van der Waals surface area contributed by atoms with Crippen LogP contribution in [-0.4, -0.2) is 39.3 Å². The summed E-state index contributed by atoms with van der Waals surface area (Å²) >= 11 is 0. The first-order valence-electron chi connectivity index (χ1n) is 11.3. The Hall–Kier alpha value is -3.38. The van der Waals surface area contributed by atoms with Crippen LogP contribution in [0, 0.1) is 5.95 Å². The van der Waals surface area contributed by atoms with Crippen molar-refractivity contribution in [2.45, 2.75) is 35.9 Å². The monoisotopic (exact) mass is 538 g/mol. The van der Waals surface area contributed by atoms with Gasteiger partial charge in [-0.3, -0.25) is 4.72 Å². The fourth-order valence-corrected chi connectivity index (χ4v) is 5.42. The van der Waals surface area contributed by atoms with Gasteiger partial charge in [0.2, 0.25) is 5.95 Å². The number of halogens is 4. The number of hydrogen-bond donors (Lipinski definition) is 1. The van der Waals surface area contributed by atoms with E-state index < -0.39 is 33.1 Å². The van der Waals surface area contributed by atoms with E-state index >= 15 is 0 Å². The molecule has 2 aliphatic rings. The lowest BCUT2D eigenvalue weighted by molar-refractivity contribution is -0.138. The number of ether oxygens (including phenoxy) is 3. The Balaban J connectivity index is 1.53. The molecule has 1 fully saturated rings. The van der Waals surface area contributed by atoms with E-state index in [1.54, 1.807) is 6.07 Å². The first-order valence-corrected chi connectivity index (χ1v) is 12.8. The molecule has 0 saturated carbocycles. The summed E-state index contributed by atoms with van der Waals surface area (Å²) in [4.78, 5) is 3.37. The van der Waals surface area contributed by atoms with Crippen molar-refractivity contribution in [2.75, 3.05) is 24.5 Å². The van der Waals surface area contributed by atoms with Crippen molar-refractivity contribution in [3.8, 4) is 11.5 Å². The van der Waals surface area contributed by atoms with Gasteiger partial charge in [0.1, 0.15) is 23.4 Å². The third kappa shape index (κ3) is 4.95. The van der Waals surface area contributed by atoms with Crippen molar-refractivity contribution in [2.24, 2.45) is 0 Å². The van der Waals surface area contributed by atoms with E-state index in [4.69, 9.17) is 14.2 Å². The normalized spacial score (nSPS) is 19.9. The molecular weight excluding hydrogens is 516 g/mol. The Morgan fingerprint density at radius 3 is 2.51 bits per heavy atom. The maximum Gasteiger partial charge on any atom is 0.416 e. The van der Waals surface area contributed by atoms with Crippen molar-refractivity contribution in [1.29, 1.82) is 0 Å². The first-order chi connectivity index (χ1) is 17.5. The van der Waals surface area contributed by atoms with Gasteiger partial charge < -0.3 is 14.2 Å². The van der Waals surface area contributed by atoms with Crippen molar-refractivity contribution in [1.82, 2.24) is 4.98 Å². The number of hydrogen-bond acceptors (Lipinski definition) is 6. The van der Waals surface area contributed by atoms with Crippen molar-refractivity contribution in [3.05, 3.63) is 77.2 Å². The van der Waals surface area contributed by atoms with E-state index in [0.29, 0.717) is 17.5 Å². The van der Waals surface area contributed by atoms with Crippen LogP contribution < -0.4 is 14.2 Å². The molecule has 2 aromatic carbocycles. The second-order valence-corrected chi connectivity index (χ2v) is 10.7. The minimum atomic E-state index is -4.55. The lowest BCUT2D eigenvalue weighted by Gasteiger charge is -2.38. The summed E-state index contributed by atoms with van der Waals surface area (Å²) in [6, 6.07) is 11.4. The molecule has 0 amide bonds. The highest BCUT2D eigenvalue weighted by Crippen LogP contribution is 2.48. The van der Waals surface area contributed by atoms with Crippen LogP contribution in [0.4, 0.5) is 23.4 Å². The zero-order valence-corrected chi connectivity index (χ0v) is 20.3. The molecule has 3 heterocycles. The van der Waals surface area contributed by atoms with E-state index in [1.165, 1.54) is 30.3 Å². The summed E-state index contributed by atoms with van der Waals surface area (Å²) in [6.07, 6.45) is -4.49. The first kappa shape index (κ1) is 25.3. The quantitative estimate of drug-likeness (QED) is 0.355. The number of rotatable bonds is 6. The fourth-order valence-electron chi connectivity index (χ4n) is 4.40. The largest absolute Gasteiger partial charge is 0.493 e. The van der Waals surface area contributed by atoms with Crippen LogP contribution in [0.25, 0.3) is 0 Å². The molecule has 1 N–H and O–H groups in total. The third-order valence-corrected chi connectivity index (χ3v) is 7.83. The highest BCUT2D eigenvalue weighted by molar-refractivity contribution is 7.92. The fraction of sp³-hybridized carbons (Fsp3) is 0.320. The predicted octanol–water partition coefficient (Wildman–Crippen LogP) is 4.91. The number of fused-ring (bicyclic) bond motifs is 1. The summed E-state index contributed by atoms with van der Waals surface area (Å²) in [6.45, 7) is 2.60. The maximum atomic E-state index is 13.5. The average molecular weight is 539 g/mol. The van der Waals surface area contributed by atoms with Gasteiger partial charge in [-0.25, -0.2) is 13.4 Å². The molecule has 0 bridgehead atoms. The minimum Gasteiger partial charge on any atom is -0.493 e. The van der Waals surface area contributed by atoms with Crippen molar-refractivity contribution < 1.29 is 40.2 Å². The molecule has 12 heteroatoms. The summed E-state index contributed by atoms with van der Waals surface area (Å²) < 4.78 is 98.6. The molecular formula is C25H22F4N2O5S. The number of pyridine rings is 1. The Kier molecular flexibility index (Phi) is 6.27. The maximum absolute atomic E-state index is 13.5. The van der Waals surface area contributed by atoms with Crippen molar-refractivity contribution >= 4 is 15.8 Å². The molecule has 0 radical (unpaired) electrons. The number of nitrogens with one attached hydrogen (secondary N) is 1. The number of anilines is 1. The topological polar surface area (TPSA) is 86.8 Å². The van der Waals surface area contributed by atoms with Gasteiger partial charge in [0, 0.05) is 22.6 Å². The number of benzene rings is 2. The van der Waals surface area contributed by atoms with E-state index in [1.807, 2.05) is 6.92 Å². The second kappa shape index (κ2) is 9.18. The molecule has 196 valence electrons. The number of nitrogens with zero attached hydrogens (tertiary/aromatic N) is 1. The molecule has 37 heavy (non-hydrogen) atoms. The van der Waals surface area contributed by atoms with Gasteiger partial charge in [-0.2, -0.15) is 17.6 Å². The van der Waals surface area contributed by atoms with Crippen LogP contribution in [0.5, 0.6) is 11.5 Å². The van der Waals surface area contributed by atoms with Gasteiger partial charge >= 0.3 is 6.18 Å². The summed E-state index contributed by atoms with van der Waals surface area (Å²) in [7, 11) is -4.13.